The number of carbonyl (C=O) groups is 1. The summed E-state index contributed by atoms with van der Waals surface area (Å²) in [6.45, 7) is 0.938. The molecule has 0 spiro atoms. The molecule has 2 aromatic carbocycles. The van der Waals surface area contributed by atoms with E-state index in [2.05, 4.69) is 5.32 Å². The lowest BCUT2D eigenvalue weighted by Gasteiger charge is -2.18. The zero-order valence-electron chi connectivity index (χ0n) is 14.1. The van der Waals surface area contributed by atoms with E-state index in [0.29, 0.717) is 24.5 Å². The van der Waals surface area contributed by atoms with E-state index in [1.54, 1.807) is 29.2 Å². The summed E-state index contributed by atoms with van der Waals surface area (Å²) in [6.07, 6.45) is 0.718. The number of ether oxygens (including phenoxy) is 1. The Balaban J connectivity index is 1.48. The molecule has 1 atom stereocenters. The van der Waals surface area contributed by atoms with Crippen LogP contribution in [0.2, 0.25) is 0 Å². The number of halogens is 2. The fraction of sp³-hybridized carbons (Fsp3) is 0.316. The molecule has 0 bridgehead atoms. The fourth-order valence-corrected chi connectivity index (χ4v) is 2.85. The Bertz CT molecular complexity index is 768. The van der Waals surface area contributed by atoms with E-state index >= 15 is 0 Å². The van der Waals surface area contributed by atoms with Gasteiger partial charge < -0.3 is 20.1 Å². The third kappa shape index (κ3) is 4.49. The molecule has 0 saturated carbocycles. The van der Waals surface area contributed by atoms with Gasteiger partial charge in [-0.05, 0) is 36.2 Å². The van der Waals surface area contributed by atoms with Gasteiger partial charge in [0.25, 0.3) is 5.91 Å². The molecule has 0 aliphatic carbocycles. The second kappa shape index (κ2) is 8.14. The predicted octanol–water partition coefficient (Wildman–Crippen LogP) is 2.55. The van der Waals surface area contributed by atoms with Crippen LogP contribution in [0.4, 0.5) is 14.5 Å². The third-order valence-electron chi connectivity index (χ3n) is 4.30. The molecular weight excluding hydrogens is 342 g/mol. The van der Waals surface area contributed by atoms with Crippen LogP contribution in [-0.2, 0) is 11.4 Å². The highest BCUT2D eigenvalue weighted by Gasteiger charge is 2.26. The van der Waals surface area contributed by atoms with E-state index in [1.807, 2.05) is 0 Å². The van der Waals surface area contributed by atoms with E-state index in [1.165, 1.54) is 6.07 Å². The molecule has 1 saturated heterocycles. The minimum atomic E-state index is -0.901. The molecule has 1 fully saturated rings. The number of amides is 1. The quantitative estimate of drug-likeness (QED) is 0.829. The molecular formula is C19H20F2N2O3. The third-order valence-corrected chi connectivity index (χ3v) is 4.30. The maximum absolute atomic E-state index is 13.3. The van der Waals surface area contributed by atoms with Crippen LogP contribution >= 0.6 is 0 Å². The zero-order valence-corrected chi connectivity index (χ0v) is 14.1. The first kappa shape index (κ1) is 18.1. The predicted molar refractivity (Wildman–Crippen MR) is 92.8 cm³/mol. The van der Waals surface area contributed by atoms with Crippen LogP contribution in [0, 0.1) is 11.6 Å². The highest BCUT2D eigenvalue weighted by Crippen LogP contribution is 2.19. The molecule has 1 aliphatic rings. The van der Waals surface area contributed by atoms with Gasteiger partial charge >= 0.3 is 0 Å². The van der Waals surface area contributed by atoms with Crippen molar-refractivity contribution >= 4 is 11.6 Å². The molecule has 2 aromatic rings. The molecule has 1 aliphatic heterocycles. The second-order valence-corrected chi connectivity index (χ2v) is 6.19. The largest absolute Gasteiger partial charge is 0.484 e. The van der Waals surface area contributed by atoms with E-state index in [4.69, 9.17) is 9.84 Å². The number of likely N-dealkylation sites (tertiary alicyclic amines) is 1. The molecule has 138 valence electrons. The van der Waals surface area contributed by atoms with Crippen LogP contribution in [0.1, 0.15) is 12.0 Å². The van der Waals surface area contributed by atoms with E-state index in [0.717, 1.165) is 24.1 Å². The number of nitrogens with zero attached hydrogens (tertiary/aromatic N) is 1. The number of hydrogen-bond donors (Lipinski definition) is 2. The summed E-state index contributed by atoms with van der Waals surface area (Å²) < 4.78 is 31.7. The van der Waals surface area contributed by atoms with Crippen molar-refractivity contribution in [1.29, 1.82) is 0 Å². The Morgan fingerprint density at radius 3 is 2.65 bits per heavy atom. The van der Waals surface area contributed by atoms with Crippen molar-refractivity contribution in [2.24, 2.45) is 0 Å². The number of hydrogen-bond acceptors (Lipinski definition) is 4. The van der Waals surface area contributed by atoms with Gasteiger partial charge in [0.05, 0.1) is 6.61 Å². The van der Waals surface area contributed by atoms with Gasteiger partial charge in [-0.25, -0.2) is 8.78 Å². The van der Waals surface area contributed by atoms with Crippen LogP contribution in [0.15, 0.2) is 42.5 Å². The summed E-state index contributed by atoms with van der Waals surface area (Å²) in [5.74, 6) is -1.36. The molecule has 7 heteroatoms. The number of carbonyl (C=O) groups excluding carboxylic acids is 1. The summed E-state index contributed by atoms with van der Waals surface area (Å²) in [6, 6.07) is 10.5. The van der Waals surface area contributed by atoms with Crippen LogP contribution in [0.5, 0.6) is 5.75 Å². The summed E-state index contributed by atoms with van der Waals surface area (Å²) in [5, 5.41) is 12.1. The van der Waals surface area contributed by atoms with Crippen molar-refractivity contribution in [1.82, 2.24) is 4.90 Å². The van der Waals surface area contributed by atoms with Crippen LogP contribution in [0.25, 0.3) is 0 Å². The molecule has 1 amide bonds. The van der Waals surface area contributed by atoms with E-state index in [-0.39, 0.29) is 25.2 Å². The van der Waals surface area contributed by atoms with Gasteiger partial charge in [0.15, 0.2) is 18.2 Å². The number of aliphatic hydroxyl groups is 1. The molecule has 1 heterocycles. The first-order valence-electron chi connectivity index (χ1n) is 8.37. The number of anilines is 1. The fourth-order valence-electron chi connectivity index (χ4n) is 2.85. The summed E-state index contributed by atoms with van der Waals surface area (Å²) in [4.78, 5) is 13.9. The van der Waals surface area contributed by atoms with Crippen LogP contribution in [-0.4, -0.2) is 41.7 Å². The average molecular weight is 362 g/mol. The van der Waals surface area contributed by atoms with Gasteiger partial charge in [-0.15, -0.1) is 0 Å². The molecule has 3 rings (SSSR count). The topological polar surface area (TPSA) is 61.8 Å². The van der Waals surface area contributed by atoms with Crippen molar-refractivity contribution in [3.8, 4) is 5.75 Å². The van der Waals surface area contributed by atoms with Gasteiger partial charge in [0, 0.05) is 30.9 Å². The zero-order chi connectivity index (χ0) is 18.5. The number of nitrogens with one attached hydrogen (secondary N) is 1. The van der Waals surface area contributed by atoms with Crippen molar-refractivity contribution < 1.29 is 23.4 Å². The van der Waals surface area contributed by atoms with Crippen LogP contribution in [0.3, 0.4) is 0 Å². The first-order valence-corrected chi connectivity index (χ1v) is 8.37. The van der Waals surface area contributed by atoms with Crippen LogP contribution < -0.4 is 10.1 Å². The smallest absolute Gasteiger partial charge is 0.260 e. The molecule has 1 unspecified atom stereocenters. The Morgan fingerprint density at radius 2 is 1.96 bits per heavy atom. The highest BCUT2D eigenvalue weighted by molar-refractivity contribution is 5.78. The minimum Gasteiger partial charge on any atom is -0.484 e. The van der Waals surface area contributed by atoms with Gasteiger partial charge in [0.2, 0.25) is 0 Å². The highest BCUT2D eigenvalue weighted by atomic mass is 19.2. The number of rotatable bonds is 6. The van der Waals surface area contributed by atoms with Gasteiger partial charge in [-0.3, -0.25) is 4.79 Å². The average Bonchev–Trinajstić information content (AvgIpc) is 3.12. The van der Waals surface area contributed by atoms with E-state index < -0.39 is 11.6 Å². The first-order chi connectivity index (χ1) is 12.5. The second-order valence-electron chi connectivity index (χ2n) is 6.19. The Morgan fingerprint density at radius 1 is 1.19 bits per heavy atom. The molecule has 0 aromatic heterocycles. The van der Waals surface area contributed by atoms with Gasteiger partial charge in [-0.1, -0.05) is 12.1 Å². The maximum Gasteiger partial charge on any atom is 0.260 e. The molecule has 5 nitrogen and oxygen atoms in total. The minimum absolute atomic E-state index is 0.0207. The van der Waals surface area contributed by atoms with Crippen molar-refractivity contribution in [3.05, 3.63) is 59.7 Å². The lowest BCUT2D eigenvalue weighted by Crippen LogP contribution is -2.35. The monoisotopic (exact) mass is 362 g/mol. The summed E-state index contributed by atoms with van der Waals surface area (Å²) >= 11 is 0. The maximum atomic E-state index is 13.3. The Hall–Kier alpha value is -2.67. The lowest BCUT2D eigenvalue weighted by atomic mass is 10.2. The lowest BCUT2D eigenvalue weighted by molar-refractivity contribution is -0.132. The Labute approximate surface area is 150 Å². The molecule has 2 N–H and O–H groups in total. The van der Waals surface area contributed by atoms with Crippen molar-refractivity contribution in [2.75, 3.05) is 25.0 Å². The summed E-state index contributed by atoms with van der Waals surface area (Å²) in [5.41, 5.74) is 1.26. The number of aliphatic hydroxyl groups excluding tert-OH is 1. The Kier molecular flexibility index (Phi) is 5.68. The SMILES string of the molecule is O=C(COc1ccc(CO)cc1)N1CCC(Nc2ccc(F)c(F)c2)C1. The van der Waals surface area contributed by atoms with Gasteiger partial charge in [-0.2, -0.15) is 0 Å². The molecule has 0 radical (unpaired) electrons. The summed E-state index contributed by atoms with van der Waals surface area (Å²) in [7, 11) is 0. The van der Waals surface area contributed by atoms with Crippen molar-refractivity contribution in [3.63, 3.8) is 0 Å². The van der Waals surface area contributed by atoms with Crippen molar-refractivity contribution in [2.45, 2.75) is 19.1 Å². The number of benzene rings is 2. The standard InChI is InChI=1S/C19H20F2N2O3/c20-17-6-3-14(9-18(17)21)22-15-7-8-23(10-15)19(25)12-26-16-4-1-13(11-24)2-5-16/h1-6,9,15,22,24H,7-8,10-12H2. The normalized spacial score (nSPS) is 16.6. The molecule has 26 heavy (non-hydrogen) atoms. The van der Waals surface area contributed by atoms with E-state index in [9.17, 15) is 13.6 Å². The van der Waals surface area contributed by atoms with Gasteiger partial charge in [0.1, 0.15) is 5.75 Å².